The van der Waals surface area contributed by atoms with Gasteiger partial charge in [-0.25, -0.2) is 4.79 Å². The fraction of sp³-hybridized carbons (Fsp3) is 0.833. The maximum absolute atomic E-state index is 12.7. The summed E-state index contributed by atoms with van der Waals surface area (Å²) in [5.74, 6) is -1.47. The number of allylic oxidation sites excluding steroid dienone is 4. The summed E-state index contributed by atoms with van der Waals surface area (Å²) in [5, 5.41) is 9.59. The number of rotatable bonds is 36. The molecule has 0 aliphatic heterocycles. The maximum atomic E-state index is 12.7. The van der Waals surface area contributed by atoms with Crippen molar-refractivity contribution < 1.29 is 38.2 Å². The minimum atomic E-state index is -0.876. The summed E-state index contributed by atoms with van der Waals surface area (Å²) >= 11 is 0. The minimum absolute atomic E-state index is 0.0515. The molecule has 0 heterocycles. The summed E-state index contributed by atoms with van der Waals surface area (Å²) < 4.78 is 17.2. The fourth-order valence-corrected chi connectivity index (χ4v) is 5.95. The minimum Gasteiger partial charge on any atom is -0.477 e. The number of likely N-dealkylation sites (N-methyl/N-ethyl adjacent to an activating group) is 1. The molecule has 50 heavy (non-hydrogen) atoms. The van der Waals surface area contributed by atoms with E-state index >= 15 is 0 Å². The van der Waals surface area contributed by atoms with Gasteiger partial charge in [-0.2, -0.15) is 0 Å². The van der Waals surface area contributed by atoms with Crippen LogP contribution in [0, 0.1) is 0 Å². The molecule has 0 aromatic heterocycles. The number of carboxylic acid groups (broad SMARTS) is 1. The molecule has 292 valence electrons. The Labute approximate surface area is 307 Å². The van der Waals surface area contributed by atoms with Crippen LogP contribution in [0.25, 0.3) is 0 Å². The quantitative estimate of drug-likeness (QED) is 0.0299. The SMILES string of the molecule is CC/C=C/C/C=C/CCCCCCCCCC(=O)OCC(COCCC(C(=O)O)[N+](C)(C)C)OC(=O)CCCCCCCCCCCCCC. The van der Waals surface area contributed by atoms with Gasteiger partial charge >= 0.3 is 17.9 Å². The molecule has 1 N–H and O–H groups in total. The molecule has 2 unspecified atom stereocenters. The Hall–Kier alpha value is -2.19. The summed E-state index contributed by atoms with van der Waals surface area (Å²) in [7, 11) is 5.52. The molecule has 8 heteroatoms. The van der Waals surface area contributed by atoms with Gasteiger partial charge in [-0.05, 0) is 38.5 Å². The molecule has 0 saturated carbocycles. The van der Waals surface area contributed by atoms with Crippen LogP contribution in [0.4, 0.5) is 0 Å². The van der Waals surface area contributed by atoms with Crippen LogP contribution in [-0.2, 0) is 28.6 Å². The van der Waals surface area contributed by atoms with Gasteiger partial charge in [0.25, 0.3) is 0 Å². The first-order chi connectivity index (χ1) is 24.1. The van der Waals surface area contributed by atoms with Gasteiger partial charge in [0.15, 0.2) is 12.1 Å². The first-order valence-electron chi connectivity index (χ1n) is 20.4. The van der Waals surface area contributed by atoms with Crippen LogP contribution >= 0.6 is 0 Å². The molecule has 8 nitrogen and oxygen atoms in total. The van der Waals surface area contributed by atoms with Crippen molar-refractivity contribution in [1.82, 2.24) is 0 Å². The molecule has 0 aromatic rings. The zero-order valence-corrected chi connectivity index (χ0v) is 33.1. The molecule has 0 amide bonds. The third-order valence-corrected chi connectivity index (χ3v) is 9.12. The summed E-state index contributed by atoms with van der Waals surface area (Å²) in [4.78, 5) is 36.8. The number of quaternary nitrogens is 1. The van der Waals surface area contributed by atoms with Crippen LogP contribution in [0.5, 0.6) is 0 Å². The second kappa shape index (κ2) is 33.9. The second-order valence-corrected chi connectivity index (χ2v) is 14.9. The number of aliphatic carboxylic acids is 1. The number of carboxylic acids is 1. The van der Waals surface area contributed by atoms with E-state index in [9.17, 15) is 19.5 Å². The van der Waals surface area contributed by atoms with E-state index in [0.29, 0.717) is 19.3 Å². The predicted molar refractivity (Wildman–Crippen MR) is 206 cm³/mol. The molecule has 0 rings (SSSR count). The molecule has 0 aliphatic carbocycles. The molecule has 0 spiro atoms. The van der Waals surface area contributed by atoms with Gasteiger partial charge in [-0.15, -0.1) is 0 Å². The zero-order chi connectivity index (χ0) is 37.1. The molecule has 0 bridgehead atoms. The normalized spacial score (nSPS) is 13.2. The highest BCUT2D eigenvalue weighted by molar-refractivity contribution is 5.72. The van der Waals surface area contributed by atoms with Crippen molar-refractivity contribution in [3.63, 3.8) is 0 Å². The van der Waals surface area contributed by atoms with E-state index in [1.165, 1.54) is 83.5 Å². The van der Waals surface area contributed by atoms with Gasteiger partial charge in [-0.1, -0.05) is 141 Å². The molecule has 0 saturated heterocycles. The Morgan fingerprint density at radius 3 is 1.64 bits per heavy atom. The number of esters is 2. The van der Waals surface area contributed by atoms with Gasteiger partial charge in [0.05, 0.1) is 34.4 Å². The number of ether oxygens (including phenoxy) is 3. The van der Waals surface area contributed by atoms with Crippen molar-refractivity contribution in [1.29, 1.82) is 0 Å². The summed E-state index contributed by atoms with van der Waals surface area (Å²) in [5.41, 5.74) is 0. The first-order valence-corrected chi connectivity index (χ1v) is 20.4. The third-order valence-electron chi connectivity index (χ3n) is 9.12. The molecule has 0 radical (unpaired) electrons. The van der Waals surface area contributed by atoms with Crippen molar-refractivity contribution in [3.8, 4) is 0 Å². The molecular weight excluding hydrogens is 630 g/mol. The third kappa shape index (κ3) is 31.8. The topological polar surface area (TPSA) is 99.1 Å². The lowest BCUT2D eigenvalue weighted by Crippen LogP contribution is -2.50. The lowest BCUT2D eigenvalue weighted by molar-refractivity contribution is -0.887. The summed E-state index contributed by atoms with van der Waals surface area (Å²) in [6.07, 6.45) is 35.0. The Morgan fingerprint density at radius 1 is 0.620 bits per heavy atom. The van der Waals surface area contributed by atoms with Gasteiger partial charge in [0.2, 0.25) is 0 Å². The van der Waals surface area contributed by atoms with E-state index in [2.05, 4.69) is 38.2 Å². The number of hydrogen-bond donors (Lipinski definition) is 1. The van der Waals surface area contributed by atoms with Crippen molar-refractivity contribution >= 4 is 17.9 Å². The van der Waals surface area contributed by atoms with Crippen LogP contribution in [0.3, 0.4) is 0 Å². The van der Waals surface area contributed by atoms with Crippen molar-refractivity contribution in [2.45, 2.75) is 187 Å². The van der Waals surface area contributed by atoms with Crippen LogP contribution < -0.4 is 0 Å². The van der Waals surface area contributed by atoms with E-state index in [1.807, 2.05) is 21.1 Å². The number of carbonyl (C=O) groups excluding carboxylic acids is 2. The lowest BCUT2D eigenvalue weighted by atomic mass is 10.0. The smallest absolute Gasteiger partial charge is 0.362 e. The van der Waals surface area contributed by atoms with Crippen LogP contribution in [-0.4, -0.2) is 80.6 Å². The Bertz CT molecular complexity index is 880. The van der Waals surface area contributed by atoms with Crippen LogP contribution in [0.1, 0.15) is 174 Å². The molecule has 2 atom stereocenters. The monoisotopic (exact) mass is 709 g/mol. The van der Waals surface area contributed by atoms with Gasteiger partial charge in [0.1, 0.15) is 6.61 Å². The number of nitrogens with zero attached hydrogens (tertiary/aromatic N) is 1. The van der Waals surface area contributed by atoms with E-state index in [0.717, 1.165) is 57.8 Å². The summed E-state index contributed by atoms with van der Waals surface area (Å²) in [6, 6.07) is -0.611. The molecule has 0 aliphatic rings. The number of hydrogen-bond acceptors (Lipinski definition) is 6. The Kier molecular flexibility index (Phi) is 32.4. The highest BCUT2D eigenvalue weighted by atomic mass is 16.6. The van der Waals surface area contributed by atoms with Gasteiger partial charge in [0, 0.05) is 19.3 Å². The van der Waals surface area contributed by atoms with Crippen molar-refractivity contribution in [3.05, 3.63) is 24.3 Å². The van der Waals surface area contributed by atoms with E-state index < -0.39 is 18.1 Å². The second-order valence-electron chi connectivity index (χ2n) is 14.9. The van der Waals surface area contributed by atoms with E-state index in [-0.39, 0.29) is 36.2 Å². The largest absolute Gasteiger partial charge is 0.477 e. The van der Waals surface area contributed by atoms with Crippen LogP contribution in [0.2, 0.25) is 0 Å². The Balaban J connectivity index is 4.38. The summed E-state index contributed by atoms with van der Waals surface area (Å²) in [6.45, 7) is 4.62. The Morgan fingerprint density at radius 2 is 1.12 bits per heavy atom. The first kappa shape index (κ1) is 47.8. The van der Waals surface area contributed by atoms with Crippen molar-refractivity contribution in [2.75, 3.05) is 41.0 Å². The molecule has 0 aromatic carbocycles. The van der Waals surface area contributed by atoms with E-state index in [1.54, 1.807) is 0 Å². The predicted octanol–water partition coefficient (Wildman–Crippen LogP) is 10.5. The standard InChI is InChI=1S/C42H77NO7/c1-6-8-10-12-14-16-18-20-21-23-24-26-28-30-32-40(44)49-37-38(36-48-35-34-39(42(46)47)43(3,4)5)50-41(45)33-31-29-27-25-22-19-17-15-13-11-9-7-2/h8,10,14,16,38-39H,6-7,9,11-13,15,17-37H2,1-5H3/p+1/b10-8+,16-14+. The van der Waals surface area contributed by atoms with Crippen molar-refractivity contribution in [2.24, 2.45) is 0 Å². The van der Waals surface area contributed by atoms with Gasteiger partial charge < -0.3 is 23.8 Å². The highest BCUT2D eigenvalue weighted by Gasteiger charge is 2.31. The van der Waals surface area contributed by atoms with Gasteiger partial charge in [-0.3, -0.25) is 9.59 Å². The van der Waals surface area contributed by atoms with Crippen LogP contribution in [0.15, 0.2) is 24.3 Å². The number of unbranched alkanes of at least 4 members (excludes halogenated alkanes) is 18. The lowest BCUT2D eigenvalue weighted by Gasteiger charge is -2.31. The molecule has 0 fully saturated rings. The van der Waals surface area contributed by atoms with E-state index in [4.69, 9.17) is 14.2 Å². The average Bonchev–Trinajstić information content (AvgIpc) is 3.06. The maximum Gasteiger partial charge on any atom is 0.362 e. The highest BCUT2D eigenvalue weighted by Crippen LogP contribution is 2.14. The number of carbonyl (C=O) groups is 3. The molecular formula is C42H78NO7+. The average molecular weight is 709 g/mol. The zero-order valence-electron chi connectivity index (χ0n) is 33.1. The fourth-order valence-electron chi connectivity index (χ4n) is 5.95.